The van der Waals surface area contributed by atoms with Gasteiger partial charge in [0.25, 0.3) is 0 Å². The van der Waals surface area contributed by atoms with E-state index >= 15 is 0 Å². The second-order valence-electron chi connectivity index (χ2n) is 5.54. The molecule has 0 saturated carbocycles. The molecule has 0 fully saturated rings. The first-order valence-electron chi connectivity index (χ1n) is 7.26. The number of fused-ring (bicyclic) bond motifs is 1. The van der Waals surface area contributed by atoms with Gasteiger partial charge in [0, 0.05) is 6.54 Å². The van der Waals surface area contributed by atoms with Crippen molar-refractivity contribution in [3.63, 3.8) is 0 Å². The summed E-state index contributed by atoms with van der Waals surface area (Å²) in [6.07, 6.45) is 0.489. The minimum Gasteiger partial charge on any atom is -0.478 e. The Morgan fingerprint density at radius 3 is 2.54 bits per heavy atom. The SMILES string of the molecule is N#Cc1ccc(CS(=O)(=O)N2CCc3cc(C(=O)O)ccc32)cc1. The highest BCUT2D eigenvalue weighted by molar-refractivity contribution is 7.92. The van der Waals surface area contributed by atoms with E-state index in [2.05, 4.69) is 0 Å². The van der Waals surface area contributed by atoms with Crippen LogP contribution in [0.25, 0.3) is 0 Å². The molecule has 0 aromatic heterocycles. The molecule has 3 rings (SSSR count). The van der Waals surface area contributed by atoms with Crippen LogP contribution in [0.4, 0.5) is 5.69 Å². The third-order valence-electron chi connectivity index (χ3n) is 3.95. The minimum absolute atomic E-state index is 0.153. The molecule has 0 spiro atoms. The van der Waals surface area contributed by atoms with Crippen molar-refractivity contribution in [3.8, 4) is 6.07 Å². The molecule has 1 N–H and O–H groups in total. The first kappa shape index (κ1) is 16.0. The number of sulfonamides is 1. The van der Waals surface area contributed by atoms with Crippen LogP contribution in [0.1, 0.15) is 27.0 Å². The zero-order chi connectivity index (χ0) is 17.3. The summed E-state index contributed by atoms with van der Waals surface area (Å²) in [7, 11) is -3.58. The molecule has 7 heteroatoms. The fourth-order valence-corrected chi connectivity index (χ4v) is 4.37. The number of hydrogen-bond acceptors (Lipinski definition) is 4. The van der Waals surface area contributed by atoms with Gasteiger partial charge >= 0.3 is 5.97 Å². The van der Waals surface area contributed by atoms with E-state index in [0.717, 1.165) is 5.56 Å². The van der Waals surface area contributed by atoms with Crippen molar-refractivity contribution >= 4 is 21.7 Å². The number of benzene rings is 2. The molecule has 2 aromatic carbocycles. The van der Waals surface area contributed by atoms with Crippen molar-refractivity contribution in [2.45, 2.75) is 12.2 Å². The topological polar surface area (TPSA) is 98.5 Å². The molecule has 1 heterocycles. The molecule has 2 aromatic rings. The Labute approximate surface area is 139 Å². The lowest BCUT2D eigenvalue weighted by atomic mass is 10.1. The number of carboxylic acid groups (broad SMARTS) is 1. The lowest BCUT2D eigenvalue weighted by Crippen LogP contribution is -2.30. The zero-order valence-electron chi connectivity index (χ0n) is 12.6. The van der Waals surface area contributed by atoms with Gasteiger partial charge in [0.2, 0.25) is 10.0 Å². The van der Waals surface area contributed by atoms with Crippen LogP contribution in [0.2, 0.25) is 0 Å². The Bertz CT molecular complexity index is 944. The zero-order valence-corrected chi connectivity index (χ0v) is 13.5. The number of anilines is 1. The van der Waals surface area contributed by atoms with Crippen molar-refractivity contribution < 1.29 is 18.3 Å². The molecule has 0 bridgehead atoms. The number of rotatable bonds is 4. The summed E-state index contributed by atoms with van der Waals surface area (Å²) in [5.41, 5.74) is 2.49. The lowest BCUT2D eigenvalue weighted by molar-refractivity contribution is 0.0697. The monoisotopic (exact) mass is 342 g/mol. The molecule has 0 saturated heterocycles. The maximum Gasteiger partial charge on any atom is 0.335 e. The van der Waals surface area contributed by atoms with Gasteiger partial charge in [-0.15, -0.1) is 0 Å². The van der Waals surface area contributed by atoms with E-state index in [1.54, 1.807) is 30.3 Å². The van der Waals surface area contributed by atoms with Gasteiger partial charge in [0.15, 0.2) is 0 Å². The molecular weight excluding hydrogens is 328 g/mol. The van der Waals surface area contributed by atoms with Crippen LogP contribution in [-0.2, 0) is 22.2 Å². The predicted octanol–water partition coefficient (Wildman–Crippen LogP) is 2.15. The third kappa shape index (κ3) is 2.96. The van der Waals surface area contributed by atoms with Crippen molar-refractivity contribution in [3.05, 3.63) is 64.7 Å². The van der Waals surface area contributed by atoms with Gasteiger partial charge in [0.1, 0.15) is 0 Å². The molecule has 6 nitrogen and oxygen atoms in total. The lowest BCUT2D eigenvalue weighted by Gasteiger charge is -2.19. The van der Waals surface area contributed by atoms with Gasteiger partial charge in [-0.25, -0.2) is 13.2 Å². The third-order valence-corrected chi connectivity index (χ3v) is 5.70. The number of nitrogens with zero attached hydrogens (tertiary/aromatic N) is 2. The summed E-state index contributed by atoms with van der Waals surface area (Å²) in [4.78, 5) is 11.0. The molecule has 0 radical (unpaired) electrons. The van der Waals surface area contributed by atoms with Crippen molar-refractivity contribution in [2.75, 3.05) is 10.8 Å². The molecule has 0 aliphatic carbocycles. The Balaban J connectivity index is 1.87. The van der Waals surface area contributed by atoms with E-state index < -0.39 is 16.0 Å². The van der Waals surface area contributed by atoms with Crippen LogP contribution in [0.15, 0.2) is 42.5 Å². The Kier molecular flexibility index (Phi) is 3.99. The molecule has 1 aliphatic heterocycles. The predicted molar refractivity (Wildman–Crippen MR) is 88.2 cm³/mol. The maximum absolute atomic E-state index is 12.7. The highest BCUT2D eigenvalue weighted by atomic mass is 32.2. The Morgan fingerprint density at radius 2 is 1.92 bits per heavy atom. The number of aromatic carboxylic acids is 1. The largest absolute Gasteiger partial charge is 0.478 e. The van der Waals surface area contributed by atoms with E-state index in [1.165, 1.54) is 16.4 Å². The van der Waals surface area contributed by atoms with Crippen LogP contribution >= 0.6 is 0 Å². The van der Waals surface area contributed by atoms with E-state index in [0.29, 0.717) is 29.8 Å². The summed E-state index contributed by atoms with van der Waals surface area (Å²) in [5, 5.41) is 17.8. The van der Waals surface area contributed by atoms with Crippen LogP contribution < -0.4 is 4.31 Å². The molecule has 0 unspecified atom stereocenters. The fraction of sp³-hybridized carbons (Fsp3) is 0.176. The number of hydrogen-bond donors (Lipinski definition) is 1. The Hall–Kier alpha value is -2.85. The van der Waals surface area contributed by atoms with Gasteiger partial charge in [-0.05, 0) is 47.9 Å². The van der Waals surface area contributed by atoms with Gasteiger partial charge in [-0.2, -0.15) is 5.26 Å². The Morgan fingerprint density at radius 1 is 1.21 bits per heavy atom. The standard InChI is InChI=1S/C17H14N2O4S/c18-10-12-1-3-13(4-2-12)11-24(22,23)19-8-7-14-9-15(17(20)21)5-6-16(14)19/h1-6,9H,7-8,11H2,(H,20,21). The van der Waals surface area contributed by atoms with Crippen LogP contribution in [0, 0.1) is 11.3 Å². The minimum atomic E-state index is -3.58. The van der Waals surface area contributed by atoms with Crippen LogP contribution in [0.5, 0.6) is 0 Å². The fourth-order valence-electron chi connectivity index (χ4n) is 2.76. The van der Waals surface area contributed by atoms with Crippen molar-refractivity contribution in [1.29, 1.82) is 5.26 Å². The van der Waals surface area contributed by atoms with E-state index in [4.69, 9.17) is 10.4 Å². The van der Waals surface area contributed by atoms with Crippen LogP contribution in [-0.4, -0.2) is 26.0 Å². The van der Waals surface area contributed by atoms with Gasteiger partial charge in [-0.1, -0.05) is 12.1 Å². The summed E-state index contributed by atoms with van der Waals surface area (Å²) in [6.45, 7) is 0.303. The molecule has 1 aliphatic rings. The maximum atomic E-state index is 12.7. The number of carboxylic acids is 1. The van der Waals surface area contributed by atoms with Crippen molar-refractivity contribution in [2.24, 2.45) is 0 Å². The number of nitriles is 1. The summed E-state index contributed by atoms with van der Waals surface area (Å²) in [6, 6.07) is 12.9. The average Bonchev–Trinajstić information content (AvgIpc) is 2.99. The molecule has 24 heavy (non-hydrogen) atoms. The summed E-state index contributed by atoms with van der Waals surface area (Å²) >= 11 is 0. The summed E-state index contributed by atoms with van der Waals surface area (Å²) < 4.78 is 26.7. The van der Waals surface area contributed by atoms with E-state index in [1.807, 2.05) is 6.07 Å². The molecule has 0 atom stereocenters. The number of carbonyl (C=O) groups is 1. The van der Waals surface area contributed by atoms with E-state index in [9.17, 15) is 13.2 Å². The van der Waals surface area contributed by atoms with Crippen LogP contribution in [0.3, 0.4) is 0 Å². The van der Waals surface area contributed by atoms with Crippen molar-refractivity contribution in [1.82, 2.24) is 0 Å². The average molecular weight is 342 g/mol. The highest BCUT2D eigenvalue weighted by Gasteiger charge is 2.30. The highest BCUT2D eigenvalue weighted by Crippen LogP contribution is 2.32. The second kappa shape index (κ2) is 5.98. The quantitative estimate of drug-likeness (QED) is 0.918. The molecule has 122 valence electrons. The smallest absolute Gasteiger partial charge is 0.335 e. The van der Waals surface area contributed by atoms with E-state index in [-0.39, 0.29) is 11.3 Å². The van der Waals surface area contributed by atoms with Gasteiger partial charge < -0.3 is 5.11 Å². The first-order valence-corrected chi connectivity index (χ1v) is 8.87. The summed E-state index contributed by atoms with van der Waals surface area (Å²) in [5.74, 6) is -1.20. The van der Waals surface area contributed by atoms with Gasteiger partial charge in [-0.3, -0.25) is 4.31 Å². The normalized spacial score (nSPS) is 13.4. The second-order valence-corrected chi connectivity index (χ2v) is 7.43. The van der Waals surface area contributed by atoms with Gasteiger partial charge in [0.05, 0.1) is 28.6 Å². The molecular formula is C17H14N2O4S. The first-order chi connectivity index (χ1) is 11.4. The molecule has 0 amide bonds.